The van der Waals surface area contributed by atoms with Crippen molar-refractivity contribution in [2.75, 3.05) is 7.05 Å². The molecule has 22 heavy (non-hydrogen) atoms. The summed E-state index contributed by atoms with van der Waals surface area (Å²) in [7, 11) is -1.92. The summed E-state index contributed by atoms with van der Waals surface area (Å²) in [5.74, 6) is -0.119. The topological polar surface area (TPSA) is 92.5 Å². The summed E-state index contributed by atoms with van der Waals surface area (Å²) in [4.78, 5) is 11.8. The van der Waals surface area contributed by atoms with Gasteiger partial charge in [0.1, 0.15) is 0 Å². The van der Waals surface area contributed by atoms with Crippen molar-refractivity contribution in [1.29, 1.82) is 0 Å². The third-order valence-corrected chi connectivity index (χ3v) is 5.37. The molecule has 124 valence electrons. The van der Waals surface area contributed by atoms with Crippen molar-refractivity contribution in [2.24, 2.45) is 5.73 Å². The summed E-state index contributed by atoms with van der Waals surface area (Å²) < 4.78 is 26.0. The van der Waals surface area contributed by atoms with Crippen LogP contribution in [0.3, 0.4) is 0 Å². The first kappa shape index (κ1) is 18.6. The molecule has 1 unspecified atom stereocenters. The SMILES string of the molecule is CC(N)CC(=O)NCc1ccc(S(=O)(=O)N(C)C(C)C)cc1. The molecule has 1 amide bonds. The molecule has 0 aliphatic carbocycles. The second-order valence-electron chi connectivity index (χ2n) is 5.72. The van der Waals surface area contributed by atoms with Gasteiger partial charge in [-0.1, -0.05) is 12.1 Å². The zero-order valence-corrected chi connectivity index (χ0v) is 14.4. The lowest BCUT2D eigenvalue weighted by Gasteiger charge is -2.21. The van der Waals surface area contributed by atoms with Gasteiger partial charge in [-0.15, -0.1) is 0 Å². The Labute approximate surface area is 132 Å². The van der Waals surface area contributed by atoms with Crippen LogP contribution in [0.15, 0.2) is 29.2 Å². The smallest absolute Gasteiger partial charge is 0.243 e. The van der Waals surface area contributed by atoms with Crippen molar-refractivity contribution >= 4 is 15.9 Å². The van der Waals surface area contributed by atoms with E-state index < -0.39 is 10.0 Å². The van der Waals surface area contributed by atoms with Gasteiger partial charge in [0.05, 0.1) is 4.90 Å². The van der Waals surface area contributed by atoms with Gasteiger partial charge in [-0.05, 0) is 38.5 Å². The number of nitrogens with one attached hydrogen (secondary N) is 1. The minimum Gasteiger partial charge on any atom is -0.352 e. The predicted molar refractivity (Wildman–Crippen MR) is 86.6 cm³/mol. The summed E-state index contributed by atoms with van der Waals surface area (Å²) in [5, 5.41) is 2.75. The van der Waals surface area contributed by atoms with Crippen LogP contribution in [0.4, 0.5) is 0 Å². The van der Waals surface area contributed by atoms with Crippen LogP contribution in [0, 0.1) is 0 Å². The minimum atomic E-state index is -3.47. The Bertz CT molecular complexity index is 595. The standard InChI is InChI=1S/C15H25N3O3S/c1-11(2)18(4)22(20,21)14-7-5-13(6-8-14)10-17-15(19)9-12(3)16/h5-8,11-12H,9-10,16H2,1-4H3,(H,17,19). The zero-order valence-electron chi connectivity index (χ0n) is 13.5. The van der Waals surface area contributed by atoms with Crippen molar-refractivity contribution in [3.05, 3.63) is 29.8 Å². The van der Waals surface area contributed by atoms with E-state index in [0.717, 1.165) is 5.56 Å². The molecule has 0 saturated carbocycles. The second-order valence-corrected chi connectivity index (χ2v) is 7.71. The van der Waals surface area contributed by atoms with Crippen molar-refractivity contribution in [3.63, 3.8) is 0 Å². The maximum absolute atomic E-state index is 12.3. The molecule has 6 nitrogen and oxygen atoms in total. The van der Waals surface area contributed by atoms with Crippen LogP contribution in [0.25, 0.3) is 0 Å². The highest BCUT2D eigenvalue weighted by atomic mass is 32.2. The first-order valence-corrected chi connectivity index (χ1v) is 8.68. The van der Waals surface area contributed by atoms with Gasteiger partial charge in [-0.3, -0.25) is 4.79 Å². The Kier molecular flexibility index (Phi) is 6.52. The summed E-state index contributed by atoms with van der Waals surface area (Å²) in [6, 6.07) is 6.23. The van der Waals surface area contributed by atoms with Gasteiger partial charge < -0.3 is 11.1 Å². The van der Waals surface area contributed by atoms with Crippen molar-refractivity contribution < 1.29 is 13.2 Å². The molecular weight excluding hydrogens is 302 g/mol. The fourth-order valence-electron chi connectivity index (χ4n) is 1.79. The van der Waals surface area contributed by atoms with Gasteiger partial charge in [-0.2, -0.15) is 4.31 Å². The summed E-state index contributed by atoms with van der Waals surface area (Å²) in [6.07, 6.45) is 0.269. The monoisotopic (exact) mass is 327 g/mol. The van der Waals surface area contributed by atoms with E-state index >= 15 is 0 Å². The highest BCUT2D eigenvalue weighted by molar-refractivity contribution is 7.89. The average molecular weight is 327 g/mol. The summed E-state index contributed by atoms with van der Waals surface area (Å²) in [6.45, 7) is 5.76. The van der Waals surface area contributed by atoms with E-state index in [9.17, 15) is 13.2 Å². The maximum atomic E-state index is 12.3. The normalized spacial score (nSPS) is 13.4. The fraction of sp³-hybridized carbons (Fsp3) is 0.533. The summed E-state index contributed by atoms with van der Waals surface area (Å²) >= 11 is 0. The summed E-state index contributed by atoms with van der Waals surface area (Å²) in [5.41, 5.74) is 6.39. The number of carbonyl (C=O) groups is 1. The predicted octanol–water partition coefficient (Wildman–Crippen LogP) is 1.07. The first-order valence-electron chi connectivity index (χ1n) is 7.24. The third kappa shape index (κ3) is 5.08. The van der Waals surface area contributed by atoms with Gasteiger partial charge in [0.15, 0.2) is 0 Å². The van der Waals surface area contributed by atoms with Gasteiger partial charge in [0.2, 0.25) is 15.9 Å². The average Bonchev–Trinajstić information content (AvgIpc) is 2.43. The maximum Gasteiger partial charge on any atom is 0.243 e. The molecule has 0 fully saturated rings. The van der Waals surface area contributed by atoms with Gasteiger partial charge in [0.25, 0.3) is 0 Å². The lowest BCUT2D eigenvalue weighted by Crippen LogP contribution is -2.33. The van der Waals surface area contributed by atoms with Crippen LogP contribution < -0.4 is 11.1 Å². The highest BCUT2D eigenvalue weighted by Gasteiger charge is 2.22. The van der Waals surface area contributed by atoms with E-state index in [0.29, 0.717) is 6.54 Å². The van der Waals surface area contributed by atoms with Crippen molar-refractivity contribution in [2.45, 2.75) is 50.7 Å². The van der Waals surface area contributed by atoms with Gasteiger partial charge in [0, 0.05) is 32.1 Å². The van der Waals surface area contributed by atoms with Crippen LogP contribution in [0.1, 0.15) is 32.8 Å². The first-order chi connectivity index (χ1) is 10.1. The molecular formula is C15H25N3O3S. The Morgan fingerprint density at radius 3 is 2.23 bits per heavy atom. The van der Waals surface area contributed by atoms with Gasteiger partial charge in [-0.25, -0.2) is 8.42 Å². The molecule has 0 aliphatic heterocycles. The number of sulfonamides is 1. The Balaban J connectivity index is 2.73. The molecule has 1 atom stereocenters. The number of benzene rings is 1. The second kappa shape index (κ2) is 7.71. The molecule has 0 bridgehead atoms. The van der Waals surface area contributed by atoms with E-state index in [1.165, 1.54) is 4.31 Å². The van der Waals surface area contributed by atoms with Crippen LogP contribution in [0.5, 0.6) is 0 Å². The molecule has 3 N–H and O–H groups in total. The van der Waals surface area contributed by atoms with E-state index in [1.54, 1.807) is 38.2 Å². The third-order valence-electron chi connectivity index (χ3n) is 3.32. The number of hydrogen-bond acceptors (Lipinski definition) is 4. The molecule has 1 aromatic carbocycles. The zero-order chi connectivity index (χ0) is 16.9. The number of hydrogen-bond donors (Lipinski definition) is 2. The lowest BCUT2D eigenvalue weighted by atomic mass is 10.2. The molecule has 7 heteroatoms. The van der Waals surface area contributed by atoms with Crippen LogP contribution in [-0.2, 0) is 21.4 Å². The van der Waals surface area contributed by atoms with Crippen LogP contribution in [0.2, 0.25) is 0 Å². The Morgan fingerprint density at radius 1 is 1.23 bits per heavy atom. The Morgan fingerprint density at radius 2 is 1.77 bits per heavy atom. The largest absolute Gasteiger partial charge is 0.352 e. The van der Waals surface area contributed by atoms with Gasteiger partial charge >= 0.3 is 0 Å². The Hall–Kier alpha value is -1.44. The van der Waals surface area contributed by atoms with Crippen molar-refractivity contribution in [3.8, 4) is 0 Å². The lowest BCUT2D eigenvalue weighted by molar-refractivity contribution is -0.121. The molecule has 1 aromatic rings. The molecule has 0 saturated heterocycles. The molecule has 0 aromatic heterocycles. The fourth-order valence-corrected chi connectivity index (χ4v) is 3.16. The quantitative estimate of drug-likeness (QED) is 0.783. The highest BCUT2D eigenvalue weighted by Crippen LogP contribution is 2.17. The number of carbonyl (C=O) groups excluding carboxylic acids is 1. The van der Waals surface area contributed by atoms with Crippen LogP contribution in [-0.4, -0.2) is 37.8 Å². The van der Waals surface area contributed by atoms with E-state index in [4.69, 9.17) is 5.73 Å². The minimum absolute atomic E-state index is 0.109. The number of rotatable bonds is 7. The molecule has 0 heterocycles. The number of nitrogens with two attached hydrogens (primary N) is 1. The number of amides is 1. The van der Waals surface area contributed by atoms with E-state index in [-0.39, 0.29) is 29.3 Å². The molecule has 0 spiro atoms. The number of nitrogens with zero attached hydrogens (tertiary/aromatic N) is 1. The molecule has 0 radical (unpaired) electrons. The van der Waals surface area contributed by atoms with E-state index in [2.05, 4.69) is 5.32 Å². The molecule has 1 rings (SSSR count). The molecule has 0 aliphatic rings. The van der Waals surface area contributed by atoms with Crippen molar-refractivity contribution in [1.82, 2.24) is 9.62 Å². The van der Waals surface area contributed by atoms with E-state index in [1.807, 2.05) is 13.8 Å². The van der Waals surface area contributed by atoms with Crippen LogP contribution >= 0.6 is 0 Å².